The van der Waals surface area contributed by atoms with E-state index in [2.05, 4.69) is 24.4 Å². The van der Waals surface area contributed by atoms with E-state index in [1.165, 1.54) is 5.56 Å². The number of nitrogens with one attached hydrogen (secondary N) is 1. The van der Waals surface area contributed by atoms with E-state index in [0.717, 1.165) is 22.2 Å². The van der Waals surface area contributed by atoms with Gasteiger partial charge in [0.05, 0.1) is 0 Å². The second kappa shape index (κ2) is 5.85. The number of amides is 1. The third-order valence-electron chi connectivity index (χ3n) is 3.70. The first-order valence-corrected chi connectivity index (χ1v) is 7.52. The van der Waals surface area contributed by atoms with Crippen molar-refractivity contribution in [3.05, 3.63) is 64.8 Å². The molecule has 1 amide bonds. The topological polar surface area (TPSA) is 34.0 Å². The third-order valence-corrected chi connectivity index (χ3v) is 3.94. The fourth-order valence-corrected chi connectivity index (χ4v) is 2.80. The van der Waals surface area contributed by atoms with E-state index in [1.54, 1.807) is 6.07 Å². The number of carbonyl (C=O) groups is 1. The van der Waals surface area contributed by atoms with Gasteiger partial charge in [0.25, 0.3) is 0 Å². The number of carbonyl (C=O) groups excluding carboxylic acids is 1. The van der Waals surface area contributed by atoms with Crippen LogP contribution in [0.25, 0.3) is 10.9 Å². The Bertz CT molecular complexity index is 851. The Morgan fingerprint density at radius 1 is 1.14 bits per heavy atom. The average molecular weight is 313 g/mol. The molecule has 1 heterocycles. The summed E-state index contributed by atoms with van der Waals surface area (Å²) in [7, 11) is 0. The monoisotopic (exact) mass is 312 g/mol. The molecule has 0 aliphatic carbocycles. The van der Waals surface area contributed by atoms with Gasteiger partial charge < -0.3 is 9.88 Å². The number of aryl methyl sites for hydroxylation is 2. The zero-order valence-electron chi connectivity index (χ0n) is 12.6. The summed E-state index contributed by atoms with van der Waals surface area (Å²) in [4.78, 5) is 12.3. The molecule has 0 unspecified atom stereocenters. The number of halogens is 1. The molecule has 0 saturated heterocycles. The second-order valence-corrected chi connectivity index (χ2v) is 5.95. The SMILES string of the molecule is Cc1ccc2c(ccn2CC(=O)Nc2ccc(Cl)cc2C)c1. The van der Waals surface area contributed by atoms with Gasteiger partial charge in [-0.1, -0.05) is 23.2 Å². The number of fused-ring (bicyclic) bond motifs is 1. The highest BCUT2D eigenvalue weighted by Gasteiger charge is 2.08. The Hall–Kier alpha value is -2.26. The van der Waals surface area contributed by atoms with Crippen LogP contribution in [0.2, 0.25) is 5.02 Å². The van der Waals surface area contributed by atoms with Gasteiger partial charge in [-0.25, -0.2) is 0 Å². The zero-order chi connectivity index (χ0) is 15.7. The van der Waals surface area contributed by atoms with Crippen molar-refractivity contribution in [1.29, 1.82) is 0 Å². The standard InChI is InChI=1S/C18H17ClN2O/c1-12-3-6-17-14(9-12)7-8-21(17)11-18(22)20-16-5-4-15(19)10-13(16)2/h3-10H,11H2,1-2H3,(H,20,22). The maximum absolute atomic E-state index is 12.3. The normalized spacial score (nSPS) is 10.9. The van der Waals surface area contributed by atoms with Crippen molar-refractivity contribution in [1.82, 2.24) is 4.57 Å². The summed E-state index contributed by atoms with van der Waals surface area (Å²) >= 11 is 5.93. The van der Waals surface area contributed by atoms with Crippen LogP contribution in [0, 0.1) is 13.8 Å². The first-order chi connectivity index (χ1) is 10.5. The molecule has 0 aliphatic rings. The highest BCUT2D eigenvalue weighted by molar-refractivity contribution is 6.30. The van der Waals surface area contributed by atoms with Gasteiger partial charge in [-0.05, 0) is 61.2 Å². The molecule has 1 N–H and O–H groups in total. The van der Waals surface area contributed by atoms with Crippen LogP contribution in [0.4, 0.5) is 5.69 Å². The molecule has 4 heteroatoms. The quantitative estimate of drug-likeness (QED) is 0.756. The number of benzene rings is 2. The van der Waals surface area contributed by atoms with Crippen molar-refractivity contribution in [2.45, 2.75) is 20.4 Å². The highest BCUT2D eigenvalue weighted by Crippen LogP contribution is 2.20. The number of aromatic nitrogens is 1. The lowest BCUT2D eigenvalue weighted by Gasteiger charge is -2.10. The van der Waals surface area contributed by atoms with E-state index in [1.807, 2.05) is 42.0 Å². The number of rotatable bonds is 3. The molecule has 2 aromatic carbocycles. The molecule has 0 saturated carbocycles. The van der Waals surface area contributed by atoms with Gasteiger partial charge in [-0.2, -0.15) is 0 Å². The molecular formula is C18H17ClN2O. The van der Waals surface area contributed by atoms with Crippen molar-refractivity contribution in [3.63, 3.8) is 0 Å². The van der Waals surface area contributed by atoms with Crippen LogP contribution in [-0.4, -0.2) is 10.5 Å². The Kier molecular flexibility index (Phi) is 3.90. The molecule has 0 spiro atoms. The summed E-state index contributed by atoms with van der Waals surface area (Å²) in [5.74, 6) is -0.0523. The van der Waals surface area contributed by atoms with Crippen molar-refractivity contribution in [3.8, 4) is 0 Å². The second-order valence-electron chi connectivity index (χ2n) is 5.51. The zero-order valence-corrected chi connectivity index (χ0v) is 13.3. The lowest BCUT2D eigenvalue weighted by molar-refractivity contribution is -0.116. The maximum atomic E-state index is 12.3. The van der Waals surface area contributed by atoms with Crippen LogP contribution in [0.15, 0.2) is 48.7 Å². The van der Waals surface area contributed by atoms with Crippen molar-refractivity contribution in [2.24, 2.45) is 0 Å². The van der Waals surface area contributed by atoms with Gasteiger partial charge in [0.2, 0.25) is 5.91 Å². The summed E-state index contributed by atoms with van der Waals surface area (Å²) in [6, 6.07) is 13.7. The number of anilines is 1. The Labute approximate surface area is 134 Å². The molecule has 3 aromatic rings. The van der Waals surface area contributed by atoms with Gasteiger partial charge in [0.1, 0.15) is 6.54 Å². The molecule has 0 atom stereocenters. The van der Waals surface area contributed by atoms with E-state index in [-0.39, 0.29) is 12.5 Å². The van der Waals surface area contributed by atoms with Crippen molar-refractivity contribution < 1.29 is 4.79 Å². The molecule has 0 aliphatic heterocycles. The van der Waals surface area contributed by atoms with Crippen LogP contribution in [0.1, 0.15) is 11.1 Å². The predicted molar refractivity (Wildman–Crippen MR) is 91.5 cm³/mol. The van der Waals surface area contributed by atoms with Gasteiger partial charge in [-0.15, -0.1) is 0 Å². The van der Waals surface area contributed by atoms with Crippen molar-refractivity contribution in [2.75, 3.05) is 5.32 Å². The van der Waals surface area contributed by atoms with Gasteiger partial charge >= 0.3 is 0 Å². The largest absolute Gasteiger partial charge is 0.338 e. The van der Waals surface area contributed by atoms with Crippen LogP contribution in [0.5, 0.6) is 0 Å². The number of hydrogen-bond donors (Lipinski definition) is 1. The molecule has 3 nitrogen and oxygen atoms in total. The summed E-state index contributed by atoms with van der Waals surface area (Å²) in [6.45, 7) is 4.27. The molecule has 0 fully saturated rings. The summed E-state index contributed by atoms with van der Waals surface area (Å²) in [5, 5.41) is 4.75. The average Bonchev–Trinajstić information content (AvgIpc) is 2.84. The highest BCUT2D eigenvalue weighted by atomic mass is 35.5. The Balaban J connectivity index is 1.78. The van der Waals surface area contributed by atoms with E-state index in [0.29, 0.717) is 5.02 Å². The molecule has 0 radical (unpaired) electrons. The van der Waals surface area contributed by atoms with Gasteiger partial charge in [0, 0.05) is 22.4 Å². The predicted octanol–water partition coefficient (Wildman–Crippen LogP) is 4.55. The maximum Gasteiger partial charge on any atom is 0.244 e. The third kappa shape index (κ3) is 3.00. The number of hydrogen-bond acceptors (Lipinski definition) is 1. The van der Waals surface area contributed by atoms with E-state index in [9.17, 15) is 4.79 Å². The van der Waals surface area contributed by atoms with Gasteiger partial charge in [-0.3, -0.25) is 4.79 Å². The summed E-state index contributed by atoms with van der Waals surface area (Å²) in [6.07, 6.45) is 1.94. The smallest absolute Gasteiger partial charge is 0.244 e. The lowest BCUT2D eigenvalue weighted by Crippen LogP contribution is -2.18. The van der Waals surface area contributed by atoms with Crippen LogP contribution < -0.4 is 5.32 Å². The molecule has 112 valence electrons. The van der Waals surface area contributed by atoms with Gasteiger partial charge in [0.15, 0.2) is 0 Å². The fraction of sp³-hybridized carbons (Fsp3) is 0.167. The van der Waals surface area contributed by atoms with E-state index >= 15 is 0 Å². The summed E-state index contributed by atoms with van der Waals surface area (Å²) in [5.41, 5.74) is 4.02. The molecule has 0 bridgehead atoms. The minimum absolute atomic E-state index is 0.0523. The first kappa shape index (κ1) is 14.7. The van der Waals surface area contributed by atoms with E-state index < -0.39 is 0 Å². The lowest BCUT2D eigenvalue weighted by atomic mass is 10.2. The Morgan fingerprint density at radius 3 is 2.73 bits per heavy atom. The van der Waals surface area contributed by atoms with Crippen LogP contribution >= 0.6 is 11.6 Å². The minimum Gasteiger partial charge on any atom is -0.338 e. The fourth-order valence-electron chi connectivity index (χ4n) is 2.57. The minimum atomic E-state index is -0.0523. The summed E-state index contributed by atoms with van der Waals surface area (Å²) < 4.78 is 1.95. The Morgan fingerprint density at radius 2 is 1.95 bits per heavy atom. The molecule has 3 rings (SSSR count). The molecule has 1 aromatic heterocycles. The van der Waals surface area contributed by atoms with Crippen molar-refractivity contribution >= 4 is 34.1 Å². The van der Waals surface area contributed by atoms with E-state index in [4.69, 9.17) is 11.6 Å². The van der Waals surface area contributed by atoms with Crippen LogP contribution in [0.3, 0.4) is 0 Å². The first-order valence-electron chi connectivity index (χ1n) is 7.14. The molecule has 22 heavy (non-hydrogen) atoms. The molecular weight excluding hydrogens is 296 g/mol. The number of nitrogens with zero attached hydrogens (tertiary/aromatic N) is 1. The van der Waals surface area contributed by atoms with Crippen LogP contribution in [-0.2, 0) is 11.3 Å².